The standard InChI is InChI=1S/C14H18F3NO3/c1-2-3-4-7-10-20-13(19)18-11-8-5-6-9-12(11)21-14(15,16)17/h5-6,8-9H,2-4,7,10H2,1H3,(H,18,19). The van der Waals surface area contributed by atoms with Crippen molar-refractivity contribution in [2.24, 2.45) is 0 Å². The number of benzene rings is 1. The van der Waals surface area contributed by atoms with Crippen LogP contribution in [0.15, 0.2) is 24.3 Å². The molecule has 4 nitrogen and oxygen atoms in total. The van der Waals surface area contributed by atoms with Crippen molar-refractivity contribution in [3.63, 3.8) is 0 Å². The Labute approximate surface area is 121 Å². The van der Waals surface area contributed by atoms with E-state index in [1.807, 2.05) is 0 Å². The maximum atomic E-state index is 12.2. The van der Waals surface area contributed by atoms with E-state index >= 15 is 0 Å². The fourth-order valence-electron chi connectivity index (χ4n) is 1.62. The summed E-state index contributed by atoms with van der Waals surface area (Å²) < 4.78 is 45.4. The third-order valence-electron chi connectivity index (χ3n) is 2.58. The molecule has 0 aliphatic heterocycles. The molecule has 0 aliphatic carbocycles. The molecule has 118 valence electrons. The molecule has 1 rings (SSSR count). The van der Waals surface area contributed by atoms with E-state index in [1.165, 1.54) is 18.2 Å². The predicted octanol–water partition coefficient (Wildman–Crippen LogP) is 4.71. The number of hydrogen-bond acceptors (Lipinski definition) is 3. The molecule has 0 fully saturated rings. The summed E-state index contributed by atoms with van der Waals surface area (Å²) in [4.78, 5) is 11.5. The quantitative estimate of drug-likeness (QED) is 0.742. The van der Waals surface area contributed by atoms with Crippen molar-refractivity contribution in [1.29, 1.82) is 0 Å². The summed E-state index contributed by atoms with van der Waals surface area (Å²) in [5.41, 5.74) is -0.0895. The number of ether oxygens (including phenoxy) is 2. The molecular weight excluding hydrogens is 287 g/mol. The van der Waals surface area contributed by atoms with Crippen LogP contribution in [0.4, 0.5) is 23.7 Å². The number of para-hydroxylation sites is 2. The minimum Gasteiger partial charge on any atom is -0.449 e. The van der Waals surface area contributed by atoms with Crippen LogP contribution in [0.5, 0.6) is 5.75 Å². The lowest BCUT2D eigenvalue weighted by molar-refractivity contribution is -0.274. The van der Waals surface area contributed by atoms with Gasteiger partial charge in [0.05, 0.1) is 12.3 Å². The van der Waals surface area contributed by atoms with Crippen LogP contribution in [0.1, 0.15) is 32.6 Å². The van der Waals surface area contributed by atoms with E-state index in [0.717, 1.165) is 31.7 Å². The summed E-state index contributed by atoms with van der Waals surface area (Å²) in [6, 6.07) is 5.28. The molecule has 21 heavy (non-hydrogen) atoms. The molecule has 0 radical (unpaired) electrons. The van der Waals surface area contributed by atoms with Gasteiger partial charge in [-0.25, -0.2) is 4.79 Å². The molecule has 0 atom stereocenters. The van der Waals surface area contributed by atoms with Gasteiger partial charge < -0.3 is 9.47 Å². The zero-order chi connectivity index (χ0) is 15.7. The number of carbonyl (C=O) groups is 1. The Morgan fingerprint density at radius 1 is 1.19 bits per heavy atom. The number of anilines is 1. The highest BCUT2D eigenvalue weighted by Gasteiger charge is 2.32. The molecule has 0 heterocycles. The number of hydrogen-bond donors (Lipinski definition) is 1. The van der Waals surface area contributed by atoms with Crippen LogP contribution in [0.25, 0.3) is 0 Å². The average Bonchev–Trinajstić information content (AvgIpc) is 2.39. The maximum absolute atomic E-state index is 12.2. The van der Waals surface area contributed by atoms with E-state index in [0.29, 0.717) is 0 Å². The van der Waals surface area contributed by atoms with Crippen molar-refractivity contribution in [2.75, 3.05) is 11.9 Å². The Bertz CT molecular complexity index is 449. The average molecular weight is 305 g/mol. The van der Waals surface area contributed by atoms with Gasteiger partial charge in [-0.3, -0.25) is 5.32 Å². The van der Waals surface area contributed by atoms with Crippen molar-refractivity contribution < 1.29 is 27.4 Å². The van der Waals surface area contributed by atoms with Crippen molar-refractivity contribution in [2.45, 2.75) is 39.0 Å². The number of carbonyl (C=O) groups excluding carboxylic acids is 1. The van der Waals surface area contributed by atoms with E-state index in [-0.39, 0.29) is 12.3 Å². The molecule has 0 spiro atoms. The molecule has 1 N–H and O–H groups in total. The molecule has 0 bridgehead atoms. The smallest absolute Gasteiger partial charge is 0.449 e. The first-order valence-corrected chi connectivity index (χ1v) is 6.71. The van der Waals surface area contributed by atoms with Gasteiger partial charge in [0, 0.05) is 0 Å². The van der Waals surface area contributed by atoms with Gasteiger partial charge in [0.25, 0.3) is 0 Å². The summed E-state index contributed by atoms with van der Waals surface area (Å²) in [5.74, 6) is -0.479. The Balaban J connectivity index is 2.48. The van der Waals surface area contributed by atoms with E-state index in [1.54, 1.807) is 0 Å². The Morgan fingerprint density at radius 3 is 2.57 bits per heavy atom. The first-order chi connectivity index (χ1) is 9.92. The number of unbranched alkanes of at least 4 members (excludes halogenated alkanes) is 3. The van der Waals surface area contributed by atoms with Gasteiger partial charge in [0.1, 0.15) is 0 Å². The van der Waals surface area contributed by atoms with Gasteiger partial charge in [-0.2, -0.15) is 0 Å². The minimum absolute atomic E-state index is 0.0895. The summed E-state index contributed by atoms with van der Waals surface area (Å²) in [7, 11) is 0. The zero-order valence-electron chi connectivity index (χ0n) is 11.7. The van der Waals surface area contributed by atoms with Crippen LogP contribution in [0.3, 0.4) is 0 Å². The first kappa shape index (κ1) is 17.1. The molecule has 0 unspecified atom stereocenters. The van der Waals surface area contributed by atoms with E-state index in [9.17, 15) is 18.0 Å². The summed E-state index contributed by atoms with van der Waals surface area (Å²) in [5, 5.41) is 2.24. The molecule has 0 saturated carbocycles. The second-order valence-corrected chi connectivity index (χ2v) is 4.37. The van der Waals surface area contributed by atoms with Gasteiger partial charge in [0.2, 0.25) is 0 Å². The SMILES string of the molecule is CCCCCCOC(=O)Nc1ccccc1OC(F)(F)F. The number of nitrogens with one attached hydrogen (secondary N) is 1. The number of rotatable bonds is 7. The van der Waals surface area contributed by atoms with Crippen molar-refractivity contribution >= 4 is 11.8 Å². The third kappa shape index (κ3) is 7.43. The summed E-state index contributed by atoms with van der Waals surface area (Å²) >= 11 is 0. The molecule has 1 aromatic carbocycles. The van der Waals surface area contributed by atoms with Crippen LogP contribution < -0.4 is 10.1 Å². The van der Waals surface area contributed by atoms with Crippen molar-refractivity contribution in [3.8, 4) is 5.75 Å². The van der Waals surface area contributed by atoms with Crippen molar-refractivity contribution in [3.05, 3.63) is 24.3 Å². The Morgan fingerprint density at radius 2 is 1.90 bits per heavy atom. The predicted molar refractivity (Wildman–Crippen MR) is 72.2 cm³/mol. The van der Waals surface area contributed by atoms with Gasteiger partial charge in [0.15, 0.2) is 5.75 Å². The minimum atomic E-state index is -4.82. The maximum Gasteiger partial charge on any atom is 0.573 e. The second-order valence-electron chi connectivity index (χ2n) is 4.37. The summed E-state index contributed by atoms with van der Waals surface area (Å²) in [6.07, 6.45) is -1.84. The highest BCUT2D eigenvalue weighted by Crippen LogP contribution is 2.29. The third-order valence-corrected chi connectivity index (χ3v) is 2.58. The molecular formula is C14H18F3NO3. The fourth-order valence-corrected chi connectivity index (χ4v) is 1.62. The summed E-state index contributed by atoms with van der Waals surface area (Å²) in [6.45, 7) is 2.29. The Kier molecular flexibility index (Phi) is 6.84. The lowest BCUT2D eigenvalue weighted by Crippen LogP contribution is -2.20. The second kappa shape index (κ2) is 8.39. The fraction of sp³-hybridized carbons (Fsp3) is 0.500. The van der Waals surface area contributed by atoms with Crippen molar-refractivity contribution in [1.82, 2.24) is 0 Å². The highest BCUT2D eigenvalue weighted by atomic mass is 19.4. The van der Waals surface area contributed by atoms with Crippen LogP contribution >= 0.6 is 0 Å². The molecule has 0 aromatic heterocycles. The largest absolute Gasteiger partial charge is 0.573 e. The first-order valence-electron chi connectivity index (χ1n) is 6.71. The molecule has 7 heteroatoms. The van der Waals surface area contributed by atoms with Gasteiger partial charge in [-0.05, 0) is 18.6 Å². The van der Waals surface area contributed by atoms with Gasteiger partial charge in [-0.15, -0.1) is 13.2 Å². The lowest BCUT2D eigenvalue weighted by Gasteiger charge is -2.13. The lowest BCUT2D eigenvalue weighted by atomic mass is 10.2. The van der Waals surface area contributed by atoms with Crippen LogP contribution in [0, 0.1) is 0 Å². The van der Waals surface area contributed by atoms with E-state index in [4.69, 9.17) is 4.74 Å². The van der Waals surface area contributed by atoms with E-state index in [2.05, 4.69) is 17.0 Å². The van der Waals surface area contributed by atoms with E-state index < -0.39 is 18.2 Å². The Hall–Kier alpha value is -1.92. The van der Waals surface area contributed by atoms with Crippen LogP contribution in [-0.2, 0) is 4.74 Å². The monoisotopic (exact) mass is 305 g/mol. The molecule has 1 aromatic rings. The normalized spacial score (nSPS) is 11.0. The molecule has 0 aliphatic rings. The number of amides is 1. The number of alkyl halides is 3. The van der Waals surface area contributed by atoms with Gasteiger partial charge in [-0.1, -0.05) is 38.3 Å². The van der Waals surface area contributed by atoms with Crippen LogP contribution in [-0.4, -0.2) is 19.1 Å². The molecule has 0 saturated heterocycles. The highest BCUT2D eigenvalue weighted by molar-refractivity contribution is 5.86. The van der Waals surface area contributed by atoms with Crippen LogP contribution in [0.2, 0.25) is 0 Å². The topological polar surface area (TPSA) is 47.6 Å². The van der Waals surface area contributed by atoms with Gasteiger partial charge >= 0.3 is 12.5 Å². The number of halogens is 3. The molecule has 1 amide bonds. The zero-order valence-corrected chi connectivity index (χ0v) is 11.7.